The molecule has 2 N–H and O–H groups in total. The molecule has 110 valence electrons. The highest BCUT2D eigenvalue weighted by atomic mass is 35.5. The van der Waals surface area contributed by atoms with Gasteiger partial charge in [0, 0.05) is 30.7 Å². The van der Waals surface area contributed by atoms with E-state index in [-0.39, 0.29) is 18.1 Å². The van der Waals surface area contributed by atoms with Crippen LogP contribution in [0.3, 0.4) is 0 Å². The van der Waals surface area contributed by atoms with E-state index in [0.717, 1.165) is 16.4 Å². The standard InChI is InChI=1S/C10H12ClN3O5S/c11-7-1-2-9(8(5-7)14(16)17)20(18,19)13-4-3-12-6-10(13)15/h1-2,5,10,12,15H,3-4,6H2. The van der Waals surface area contributed by atoms with Gasteiger partial charge in [0.05, 0.1) is 4.92 Å². The van der Waals surface area contributed by atoms with Crippen molar-refractivity contribution in [1.29, 1.82) is 0 Å². The molecule has 20 heavy (non-hydrogen) atoms. The van der Waals surface area contributed by atoms with Crippen molar-refractivity contribution in [3.63, 3.8) is 0 Å². The van der Waals surface area contributed by atoms with E-state index in [1.54, 1.807) is 0 Å². The molecule has 1 unspecified atom stereocenters. The first-order valence-corrected chi connectivity index (χ1v) is 7.50. The average molecular weight is 322 g/mol. The Morgan fingerprint density at radius 3 is 2.80 bits per heavy atom. The van der Waals surface area contributed by atoms with Crippen LogP contribution in [0.2, 0.25) is 5.02 Å². The largest absolute Gasteiger partial charge is 0.376 e. The molecule has 2 rings (SSSR count). The van der Waals surface area contributed by atoms with E-state index < -0.39 is 31.8 Å². The van der Waals surface area contributed by atoms with Crippen LogP contribution < -0.4 is 5.32 Å². The van der Waals surface area contributed by atoms with Gasteiger partial charge in [0.25, 0.3) is 15.7 Å². The molecular formula is C10H12ClN3O5S. The van der Waals surface area contributed by atoms with Gasteiger partial charge in [0.1, 0.15) is 6.23 Å². The van der Waals surface area contributed by atoms with Gasteiger partial charge in [-0.05, 0) is 12.1 Å². The first-order valence-electron chi connectivity index (χ1n) is 5.68. The molecule has 1 aromatic carbocycles. The molecule has 0 aromatic heterocycles. The normalized spacial score (nSPS) is 20.8. The minimum absolute atomic E-state index is 0.0310. The van der Waals surface area contributed by atoms with Crippen LogP contribution in [0.25, 0.3) is 0 Å². The predicted molar refractivity (Wildman–Crippen MR) is 70.9 cm³/mol. The highest BCUT2D eigenvalue weighted by Crippen LogP contribution is 2.30. The van der Waals surface area contributed by atoms with Gasteiger partial charge in [-0.15, -0.1) is 0 Å². The summed E-state index contributed by atoms with van der Waals surface area (Å²) in [5, 5.41) is 23.6. The number of nitrogens with one attached hydrogen (secondary N) is 1. The van der Waals surface area contributed by atoms with Crippen molar-refractivity contribution >= 4 is 27.3 Å². The molecule has 0 aliphatic carbocycles. The molecule has 0 radical (unpaired) electrons. The zero-order chi connectivity index (χ0) is 14.9. The van der Waals surface area contributed by atoms with E-state index in [2.05, 4.69) is 5.32 Å². The number of nitro groups is 1. The molecule has 1 heterocycles. The third-order valence-electron chi connectivity index (χ3n) is 2.87. The molecule has 0 bridgehead atoms. The first kappa shape index (κ1) is 15.1. The Hall–Kier alpha value is -1.26. The van der Waals surface area contributed by atoms with Gasteiger partial charge in [-0.3, -0.25) is 10.1 Å². The number of piperazine rings is 1. The lowest BCUT2D eigenvalue weighted by Gasteiger charge is -2.31. The SMILES string of the molecule is O=[N+]([O-])c1cc(Cl)ccc1S(=O)(=O)N1CCNCC1O. The summed E-state index contributed by atoms with van der Waals surface area (Å²) in [5.41, 5.74) is -0.608. The fourth-order valence-corrected chi connectivity index (χ4v) is 3.71. The van der Waals surface area contributed by atoms with Crippen molar-refractivity contribution < 1.29 is 18.4 Å². The highest BCUT2D eigenvalue weighted by molar-refractivity contribution is 7.89. The molecule has 1 aliphatic heterocycles. The molecule has 1 aliphatic rings. The van der Waals surface area contributed by atoms with Crippen molar-refractivity contribution in [1.82, 2.24) is 9.62 Å². The number of rotatable bonds is 3. The van der Waals surface area contributed by atoms with E-state index >= 15 is 0 Å². The van der Waals surface area contributed by atoms with Crippen LogP contribution in [-0.2, 0) is 10.0 Å². The third-order valence-corrected chi connectivity index (χ3v) is 5.05. The van der Waals surface area contributed by atoms with Gasteiger partial charge in [-0.1, -0.05) is 11.6 Å². The zero-order valence-corrected chi connectivity index (χ0v) is 11.8. The lowest BCUT2D eigenvalue weighted by molar-refractivity contribution is -0.387. The zero-order valence-electron chi connectivity index (χ0n) is 10.2. The van der Waals surface area contributed by atoms with E-state index in [1.165, 1.54) is 6.07 Å². The minimum Gasteiger partial charge on any atom is -0.376 e. The monoisotopic (exact) mass is 321 g/mol. The van der Waals surface area contributed by atoms with E-state index in [1.807, 2.05) is 0 Å². The number of benzene rings is 1. The van der Waals surface area contributed by atoms with Gasteiger partial charge in [0.2, 0.25) is 0 Å². The van der Waals surface area contributed by atoms with Crippen molar-refractivity contribution in [2.75, 3.05) is 19.6 Å². The van der Waals surface area contributed by atoms with Gasteiger partial charge < -0.3 is 10.4 Å². The Kier molecular flexibility index (Phi) is 4.25. The lowest BCUT2D eigenvalue weighted by atomic mass is 10.3. The van der Waals surface area contributed by atoms with E-state index in [4.69, 9.17) is 11.6 Å². The van der Waals surface area contributed by atoms with Crippen LogP contribution in [0.1, 0.15) is 0 Å². The summed E-state index contributed by atoms with van der Waals surface area (Å²) < 4.78 is 25.7. The number of aliphatic hydroxyl groups excluding tert-OH is 1. The van der Waals surface area contributed by atoms with E-state index in [9.17, 15) is 23.6 Å². The van der Waals surface area contributed by atoms with Crippen molar-refractivity contribution in [3.05, 3.63) is 33.3 Å². The van der Waals surface area contributed by atoms with Crippen molar-refractivity contribution in [2.45, 2.75) is 11.1 Å². The number of nitrogens with zero attached hydrogens (tertiary/aromatic N) is 2. The Labute approximate surface area is 120 Å². The number of halogens is 1. The summed E-state index contributed by atoms with van der Waals surface area (Å²) in [7, 11) is -4.16. The topological polar surface area (TPSA) is 113 Å². The second-order valence-corrected chi connectivity index (χ2v) is 6.47. The molecule has 1 saturated heterocycles. The maximum atomic E-state index is 12.4. The molecular weight excluding hydrogens is 310 g/mol. The second-order valence-electron chi connectivity index (χ2n) is 4.17. The fraction of sp³-hybridized carbons (Fsp3) is 0.400. The summed E-state index contributed by atoms with van der Waals surface area (Å²) in [6, 6.07) is 3.31. The highest BCUT2D eigenvalue weighted by Gasteiger charge is 2.36. The molecule has 0 amide bonds. The van der Waals surface area contributed by atoms with Crippen LogP contribution in [0.15, 0.2) is 23.1 Å². The quantitative estimate of drug-likeness (QED) is 0.605. The molecule has 0 saturated carbocycles. The molecule has 1 fully saturated rings. The fourth-order valence-electron chi connectivity index (χ4n) is 1.93. The summed E-state index contributed by atoms with van der Waals surface area (Å²) >= 11 is 5.65. The van der Waals surface area contributed by atoms with Crippen molar-refractivity contribution in [3.8, 4) is 0 Å². The first-order chi connectivity index (χ1) is 9.34. The van der Waals surface area contributed by atoms with Crippen LogP contribution in [-0.4, -0.2) is 48.6 Å². The maximum Gasteiger partial charge on any atom is 0.290 e. The maximum absolute atomic E-state index is 12.4. The predicted octanol–water partition coefficient (Wildman–Crippen LogP) is 0.160. The average Bonchev–Trinajstić information content (AvgIpc) is 2.38. The summed E-state index contributed by atoms with van der Waals surface area (Å²) in [5.74, 6) is 0. The Balaban J connectivity index is 2.51. The van der Waals surface area contributed by atoms with Crippen LogP contribution in [0, 0.1) is 10.1 Å². The van der Waals surface area contributed by atoms with Gasteiger partial charge in [-0.2, -0.15) is 4.31 Å². The van der Waals surface area contributed by atoms with Crippen molar-refractivity contribution in [2.24, 2.45) is 0 Å². The van der Waals surface area contributed by atoms with Crippen LogP contribution in [0.4, 0.5) is 5.69 Å². The Morgan fingerprint density at radius 2 is 2.20 bits per heavy atom. The smallest absolute Gasteiger partial charge is 0.290 e. The number of sulfonamides is 1. The number of β-amino-alcohol motifs (C(OH)–C–C–N with tert-alkyl or cyclic N) is 1. The summed E-state index contributed by atoms with van der Waals surface area (Å²) in [4.78, 5) is 9.68. The van der Waals surface area contributed by atoms with Crippen LogP contribution in [0.5, 0.6) is 0 Å². The number of aliphatic hydroxyl groups is 1. The number of hydrogen-bond acceptors (Lipinski definition) is 6. The van der Waals surface area contributed by atoms with Gasteiger partial charge >= 0.3 is 0 Å². The minimum atomic E-state index is -4.16. The molecule has 1 aromatic rings. The molecule has 1 atom stereocenters. The lowest BCUT2D eigenvalue weighted by Crippen LogP contribution is -2.53. The third kappa shape index (κ3) is 2.76. The summed E-state index contributed by atoms with van der Waals surface area (Å²) in [6.45, 7) is 0.460. The van der Waals surface area contributed by atoms with Crippen LogP contribution >= 0.6 is 11.6 Å². The van der Waals surface area contributed by atoms with Gasteiger partial charge in [-0.25, -0.2) is 8.42 Å². The number of hydrogen-bond donors (Lipinski definition) is 2. The van der Waals surface area contributed by atoms with Gasteiger partial charge in [0.15, 0.2) is 4.90 Å². The Bertz CT molecular complexity index is 636. The molecule has 10 heteroatoms. The molecule has 0 spiro atoms. The second kappa shape index (κ2) is 5.62. The summed E-state index contributed by atoms with van der Waals surface area (Å²) in [6.07, 6.45) is -1.26. The Morgan fingerprint density at radius 1 is 1.50 bits per heavy atom. The van der Waals surface area contributed by atoms with E-state index in [0.29, 0.717) is 6.54 Å². The number of nitro benzene ring substituents is 1. The molecule has 8 nitrogen and oxygen atoms in total.